The molecule has 6 nitrogen and oxygen atoms in total. The maximum Gasteiger partial charge on any atom is 0.417 e. The molecule has 0 spiro atoms. The van der Waals surface area contributed by atoms with Crippen molar-refractivity contribution in [2.75, 3.05) is 6.54 Å². The molecule has 0 fully saturated rings. The number of hydrogen-bond acceptors (Lipinski definition) is 5. The number of amides is 1. The van der Waals surface area contributed by atoms with Crippen molar-refractivity contribution in [2.24, 2.45) is 5.73 Å². The van der Waals surface area contributed by atoms with Gasteiger partial charge in [-0.1, -0.05) is 42.5 Å². The monoisotopic (exact) mass is 410 g/mol. The van der Waals surface area contributed by atoms with Crippen molar-refractivity contribution in [1.82, 2.24) is 5.32 Å². The average molecular weight is 410 g/mol. The van der Waals surface area contributed by atoms with Crippen LogP contribution in [-0.2, 0) is 28.7 Å². The fourth-order valence-electron chi connectivity index (χ4n) is 2.95. The molecule has 0 bridgehead atoms. The van der Waals surface area contributed by atoms with E-state index in [1.807, 2.05) is 18.2 Å². The number of carbonyl (C=O) groups excluding carboxylic acids is 2. The molecular weight excluding hydrogens is 389 g/mol. The molecule has 0 saturated carbocycles. The van der Waals surface area contributed by atoms with Crippen LogP contribution >= 0.6 is 0 Å². The molecule has 1 amide bonds. The van der Waals surface area contributed by atoms with Gasteiger partial charge in [0.25, 0.3) is 6.47 Å². The predicted octanol–water partition coefficient (Wildman–Crippen LogP) is 2.04. The number of carbonyl (C=O) groups is 2. The Balaban J connectivity index is 2.06. The lowest BCUT2D eigenvalue weighted by atomic mass is 9.99. The minimum absolute atomic E-state index is 0.0513. The average Bonchev–Trinajstić information content (AvgIpc) is 2.67. The van der Waals surface area contributed by atoms with Crippen molar-refractivity contribution in [2.45, 2.75) is 31.3 Å². The van der Waals surface area contributed by atoms with E-state index in [1.54, 1.807) is 12.1 Å². The molecule has 2 atom stereocenters. The van der Waals surface area contributed by atoms with Crippen LogP contribution in [0.5, 0.6) is 0 Å². The molecule has 156 valence electrons. The highest BCUT2D eigenvalue weighted by atomic mass is 19.4. The first-order chi connectivity index (χ1) is 13.7. The van der Waals surface area contributed by atoms with Crippen LogP contribution in [0.25, 0.3) is 0 Å². The molecule has 0 aliphatic carbocycles. The maximum atomic E-state index is 13.1. The van der Waals surface area contributed by atoms with Crippen LogP contribution in [0, 0.1) is 0 Å². The van der Waals surface area contributed by atoms with Crippen LogP contribution in [0.4, 0.5) is 13.2 Å². The zero-order valence-electron chi connectivity index (χ0n) is 15.4. The molecule has 0 radical (unpaired) electrons. The third-order valence-corrected chi connectivity index (χ3v) is 4.31. The highest BCUT2D eigenvalue weighted by Crippen LogP contribution is 2.33. The van der Waals surface area contributed by atoms with Crippen LogP contribution < -0.4 is 11.1 Å². The summed E-state index contributed by atoms with van der Waals surface area (Å²) in [5.74, 6) is -1.19. The number of rotatable bonds is 10. The van der Waals surface area contributed by atoms with Crippen LogP contribution in [0.15, 0.2) is 48.5 Å². The highest BCUT2D eigenvalue weighted by Gasteiger charge is 2.35. The Morgan fingerprint density at radius 3 is 2.45 bits per heavy atom. The second-order valence-electron chi connectivity index (χ2n) is 6.36. The van der Waals surface area contributed by atoms with Crippen LogP contribution in [0.3, 0.4) is 0 Å². The normalized spacial score (nSPS) is 13.5. The molecule has 0 heterocycles. The first-order valence-corrected chi connectivity index (χ1v) is 8.74. The molecule has 4 N–H and O–H groups in total. The van der Waals surface area contributed by atoms with E-state index in [9.17, 15) is 27.9 Å². The van der Waals surface area contributed by atoms with E-state index in [4.69, 9.17) is 10.5 Å². The molecule has 0 saturated heterocycles. The number of nitrogens with one attached hydrogen (secondary N) is 1. The van der Waals surface area contributed by atoms with Gasteiger partial charge in [0.2, 0.25) is 5.91 Å². The van der Waals surface area contributed by atoms with Crippen LogP contribution in [0.2, 0.25) is 0 Å². The Morgan fingerprint density at radius 2 is 1.86 bits per heavy atom. The van der Waals surface area contributed by atoms with E-state index in [0.717, 1.165) is 11.6 Å². The standard InChI is InChI=1S/C20H21F3N2O4/c21-20(22,23)15-8-4-7-14(18(15)19(24)28)10-25-11-16(27)17(29-12-26)9-13-5-2-1-3-6-13/h1-8,12,16-17,25,27H,9-11H2,(H2,24,28)/t16-,17+/m1/s1. The fourth-order valence-corrected chi connectivity index (χ4v) is 2.95. The first-order valence-electron chi connectivity index (χ1n) is 8.74. The van der Waals surface area contributed by atoms with Gasteiger partial charge in [-0.3, -0.25) is 9.59 Å². The Labute approximate surface area is 165 Å². The quantitative estimate of drug-likeness (QED) is 0.521. The van der Waals surface area contributed by atoms with E-state index in [0.29, 0.717) is 0 Å². The lowest BCUT2D eigenvalue weighted by Crippen LogP contribution is -2.39. The van der Waals surface area contributed by atoms with Gasteiger partial charge >= 0.3 is 6.18 Å². The van der Waals surface area contributed by atoms with Gasteiger partial charge in [-0.05, 0) is 17.2 Å². The zero-order valence-corrected chi connectivity index (χ0v) is 15.4. The van der Waals surface area contributed by atoms with Gasteiger partial charge in [0.1, 0.15) is 12.2 Å². The molecule has 0 aromatic heterocycles. The van der Waals surface area contributed by atoms with Crippen LogP contribution in [-0.4, -0.2) is 36.2 Å². The number of aliphatic hydroxyl groups excluding tert-OH is 1. The smallest absolute Gasteiger partial charge is 0.417 e. The Bertz CT molecular complexity index is 828. The van der Waals surface area contributed by atoms with Crippen LogP contribution in [0.1, 0.15) is 27.0 Å². The molecule has 29 heavy (non-hydrogen) atoms. The highest BCUT2D eigenvalue weighted by molar-refractivity contribution is 5.96. The van der Waals surface area contributed by atoms with Crippen molar-refractivity contribution < 1.29 is 32.6 Å². The van der Waals surface area contributed by atoms with Gasteiger partial charge in [0.15, 0.2) is 0 Å². The van der Waals surface area contributed by atoms with Gasteiger partial charge in [-0.2, -0.15) is 13.2 Å². The fraction of sp³-hybridized carbons (Fsp3) is 0.300. The summed E-state index contributed by atoms with van der Waals surface area (Å²) in [4.78, 5) is 22.3. The van der Waals surface area contributed by atoms with Gasteiger partial charge in [0, 0.05) is 19.5 Å². The van der Waals surface area contributed by atoms with E-state index in [1.165, 1.54) is 12.1 Å². The molecule has 0 aliphatic heterocycles. The summed E-state index contributed by atoms with van der Waals surface area (Å²) in [6.07, 6.45) is -6.43. The maximum absolute atomic E-state index is 13.1. The van der Waals surface area contributed by atoms with Crippen molar-refractivity contribution in [3.8, 4) is 0 Å². The molecule has 2 aromatic rings. The number of nitrogens with two attached hydrogens (primary N) is 1. The topological polar surface area (TPSA) is 102 Å². The molecular formula is C20H21F3N2O4. The number of hydrogen-bond donors (Lipinski definition) is 3. The summed E-state index contributed by atoms with van der Waals surface area (Å²) in [6, 6.07) is 12.4. The molecule has 0 aliphatic rings. The summed E-state index contributed by atoms with van der Waals surface area (Å²) in [6.45, 7) is 0.00696. The summed E-state index contributed by atoms with van der Waals surface area (Å²) in [7, 11) is 0. The number of halogens is 3. The van der Waals surface area contributed by atoms with Gasteiger partial charge < -0.3 is 20.9 Å². The third kappa shape index (κ3) is 6.30. The van der Waals surface area contributed by atoms with Crippen molar-refractivity contribution in [3.63, 3.8) is 0 Å². The SMILES string of the molecule is NC(=O)c1c(CNC[C@@H](O)[C@H](Cc2ccccc2)OC=O)cccc1C(F)(F)F. The van der Waals surface area contributed by atoms with E-state index < -0.39 is 35.4 Å². The summed E-state index contributed by atoms with van der Waals surface area (Å²) < 4.78 is 44.3. The Morgan fingerprint density at radius 1 is 1.17 bits per heavy atom. The third-order valence-electron chi connectivity index (χ3n) is 4.31. The van der Waals surface area contributed by atoms with E-state index in [-0.39, 0.29) is 31.5 Å². The first kappa shape index (κ1) is 22.4. The number of alkyl halides is 3. The second-order valence-corrected chi connectivity index (χ2v) is 6.36. The lowest BCUT2D eigenvalue weighted by Gasteiger charge is -2.22. The minimum Gasteiger partial charge on any atom is -0.461 e. The largest absolute Gasteiger partial charge is 0.461 e. The Kier molecular flexibility index (Phi) is 7.74. The van der Waals surface area contributed by atoms with Crippen molar-refractivity contribution >= 4 is 12.4 Å². The minimum atomic E-state index is -4.72. The molecule has 9 heteroatoms. The van der Waals surface area contributed by atoms with E-state index >= 15 is 0 Å². The second kappa shape index (κ2) is 10.0. The molecule has 2 rings (SSSR count). The molecule has 0 unspecified atom stereocenters. The number of primary amides is 1. The van der Waals surface area contributed by atoms with Crippen molar-refractivity contribution in [1.29, 1.82) is 0 Å². The number of benzene rings is 2. The summed E-state index contributed by atoms with van der Waals surface area (Å²) in [5, 5.41) is 13.1. The summed E-state index contributed by atoms with van der Waals surface area (Å²) >= 11 is 0. The summed E-state index contributed by atoms with van der Waals surface area (Å²) in [5.41, 5.74) is 4.30. The number of aliphatic hydroxyl groups is 1. The molecule has 2 aromatic carbocycles. The van der Waals surface area contributed by atoms with Gasteiger partial charge in [0.05, 0.1) is 11.1 Å². The zero-order chi connectivity index (χ0) is 21.4. The lowest BCUT2D eigenvalue weighted by molar-refractivity contribution is -0.139. The number of ether oxygens (including phenoxy) is 1. The van der Waals surface area contributed by atoms with E-state index in [2.05, 4.69) is 5.32 Å². The van der Waals surface area contributed by atoms with Gasteiger partial charge in [-0.25, -0.2) is 0 Å². The van der Waals surface area contributed by atoms with Gasteiger partial charge in [-0.15, -0.1) is 0 Å². The Hall–Kier alpha value is -2.91. The van der Waals surface area contributed by atoms with Crippen molar-refractivity contribution in [3.05, 3.63) is 70.8 Å². The predicted molar refractivity (Wildman–Crippen MR) is 98.8 cm³/mol.